The molecule has 11 heteroatoms. The van der Waals surface area contributed by atoms with Gasteiger partial charge in [0.15, 0.2) is 0 Å². The first-order valence-corrected chi connectivity index (χ1v) is 11.7. The number of hydrogen-bond donors (Lipinski definition) is 2. The van der Waals surface area contributed by atoms with E-state index in [4.69, 9.17) is 13.6 Å². The summed E-state index contributed by atoms with van der Waals surface area (Å²) in [5.74, 6) is 2.25. The number of nitrogens with one attached hydrogen (secondary N) is 2. The second-order valence-electron chi connectivity index (χ2n) is 8.82. The van der Waals surface area contributed by atoms with Crippen LogP contribution in [0.4, 0.5) is 6.01 Å². The van der Waals surface area contributed by atoms with Crippen molar-refractivity contribution >= 4 is 18.0 Å². The minimum atomic E-state index is -0.0785. The highest BCUT2D eigenvalue weighted by Gasteiger charge is 2.23. The molecule has 0 radical (unpaired) electrons. The van der Waals surface area contributed by atoms with Gasteiger partial charge in [0, 0.05) is 25.2 Å². The number of amides is 1. The largest absolute Gasteiger partial charge is 0.486 e. The second-order valence-corrected chi connectivity index (χ2v) is 8.82. The molecule has 0 atom stereocenters. The summed E-state index contributed by atoms with van der Waals surface area (Å²) in [6.07, 6.45) is 5.49. The molecule has 4 aromatic rings. The van der Waals surface area contributed by atoms with E-state index in [0.29, 0.717) is 54.3 Å². The number of ether oxygens (including phenoxy) is 1. The number of carbonyl (C=O) groups is 1. The fourth-order valence-electron chi connectivity index (χ4n) is 4.01. The lowest BCUT2D eigenvalue weighted by Gasteiger charge is -2.29. The van der Waals surface area contributed by atoms with E-state index in [1.54, 1.807) is 29.4 Å². The van der Waals surface area contributed by atoms with Gasteiger partial charge in [0.25, 0.3) is 6.01 Å². The Bertz CT molecular complexity index is 1360. The molecule has 1 aromatic carbocycles. The van der Waals surface area contributed by atoms with Gasteiger partial charge in [-0.2, -0.15) is 10.2 Å². The van der Waals surface area contributed by atoms with Gasteiger partial charge in [0.05, 0.1) is 11.8 Å². The minimum absolute atomic E-state index is 0.0785. The number of aromatic nitrogens is 5. The molecule has 0 aliphatic carbocycles. The van der Waals surface area contributed by atoms with Gasteiger partial charge in [-0.3, -0.25) is 4.79 Å². The van der Waals surface area contributed by atoms with Crippen LogP contribution in [0.5, 0.6) is 5.75 Å². The molecule has 4 heterocycles. The Morgan fingerprint density at radius 1 is 1.33 bits per heavy atom. The number of benzene rings is 1. The number of anilines is 1. The van der Waals surface area contributed by atoms with Gasteiger partial charge in [-0.15, -0.1) is 10.2 Å². The number of furan rings is 1. The van der Waals surface area contributed by atoms with Crippen molar-refractivity contribution in [1.82, 2.24) is 30.5 Å². The maximum Gasteiger partial charge on any atom is 0.295 e. The Balaban J connectivity index is 1.37. The van der Waals surface area contributed by atoms with Crippen LogP contribution in [0, 0.1) is 6.92 Å². The molecule has 186 valence electrons. The maximum atomic E-state index is 12.8. The van der Waals surface area contributed by atoms with E-state index >= 15 is 0 Å². The van der Waals surface area contributed by atoms with Crippen LogP contribution in [0.3, 0.4) is 0 Å². The van der Waals surface area contributed by atoms with Gasteiger partial charge in [-0.25, -0.2) is 0 Å². The van der Waals surface area contributed by atoms with Crippen LogP contribution < -0.4 is 10.1 Å². The minimum Gasteiger partial charge on any atom is -0.486 e. The molecule has 0 fully saturated rings. The molecule has 2 N–H and O–H groups in total. The number of fused-ring (bicyclic) bond motifs is 1. The first-order valence-electron chi connectivity index (χ1n) is 11.7. The fraction of sp³-hybridized carbons (Fsp3) is 0.320. The molecular formula is C25H27N7O4. The van der Waals surface area contributed by atoms with Crippen molar-refractivity contribution in [3.8, 4) is 17.1 Å². The smallest absolute Gasteiger partial charge is 0.295 e. The van der Waals surface area contributed by atoms with Gasteiger partial charge in [-0.05, 0) is 73.9 Å². The number of H-pyrrole nitrogens is 1. The number of rotatable bonds is 8. The van der Waals surface area contributed by atoms with Crippen LogP contribution in [0.15, 0.2) is 45.4 Å². The van der Waals surface area contributed by atoms with E-state index in [-0.39, 0.29) is 18.6 Å². The van der Waals surface area contributed by atoms with Crippen LogP contribution in [0.25, 0.3) is 17.5 Å². The van der Waals surface area contributed by atoms with E-state index in [0.717, 1.165) is 16.7 Å². The summed E-state index contributed by atoms with van der Waals surface area (Å²) in [7, 11) is 0. The second kappa shape index (κ2) is 10.1. The van der Waals surface area contributed by atoms with Crippen molar-refractivity contribution in [2.24, 2.45) is 0 Å². The topological polar surface area (TPSA) is 135 Å². The first kappa shape index (κ1) is 23.3. The van der Waals surface area contributed by atoms with E-state index in [2.05, 4.69) is 30.9 Å². The van der Waals surface area contributed by atoms with E-state index in [1.165, 1.54) is 6.08 Å². The summed E-state index contributed by atoms with van der Waals surface area (Å²) in [6.45, 7) is 7.15. The molecule has 5 rings (SSSR count). The zero-order valence-electron chi connectivity index (χ0n) is 20.3. The average molecular weight is 490 g/mol. The summed E-state index contributed by atoms with van der Waals surface area (Å²) in [5.41, 5.74) is 3.53. The summed E-state index contributed by atoms with van der Waals surface area (Å²) < 4.78 is 17.2. The Morgan fingerprint density at radius 3 is 2.97 bits per heavy atom. The Labute approximate surface area is 207 Å². The molecule has 1 aliphatic heterocycles. The Hall–Kier alpha value is -4.41. The van der Waals surface area contributed by atoms with E-state index < -0.39 is 0 Å². The van der Waals surface area contributed by atoms with Crippen molar-refractivity contribution in [2.45, 2.75) is 46.4 Å². The zero-order chi connectivity index (χ0) is 25.1. The molecule has 0 unspecified atom stereocenters. The van der Waals surface area contributed by atoms with Crippen molar-refractivity contribution in [3.05, 3.63) is 64.9 Å². The van der Waals surface area contributed by atoms with Crippen molar-refractivity contribution in [1.29, 1.82) is 0 Å². The number of oxazole rings is 1. The third-order valence-electron chi connectivity index (χ3n) is 5.81. The Morgan fingerprint density at radius 2 is 2.22 bits per heavy atom. The maximum absolute atomic E-state index is 12.8. The van der Waals surface area contributed by atoms with Gasteiger partial charge in [-0.1, -0.05) is 0 Å². The van der Waals surface area contributed by atoms with Gasteiger partial charge >= 0.3 is 0 Å². The monoisotopic (exact) mass is 489 g/mol. The summed E-state index contributed by atoms with van der Waals surface area (Å²) in [6, 6.07) is 8.20. The predicted octanol–water partition coefficient (Wildman–Crippen LogP) is 3.75. The van der Waals surface area contributed by atoms with Crippen molar-refractivity contribution < 1.29 is 18.4 Å². The lowest BCUT2D eigenvalue weighted by atomic mass is 9.96. The lowest BCUT2D eigenvalue weighted by molar-refractivity contribution is -0.126. The van der Waals surface area contributed by atoms with Crippen LogP contribution in [-0.4, -0.2) is 49.0 Å². The fourth-order valence-corrected chi connectivity index (χ4v) is 4.01. The highest BCUT2D eigenvalue weighted by atomic mass is 16.5. The SMILES string of the molecule is Cc1oc(NC(C)C)nc1COc1cc2c(cc1-c1nn[nH]n1)CCN(C(=O)/C=C/c1ccco1)C2. The number of nitrogens with zero attached hydrogens (tertiary/aromatic N) is 5. The van der Waals surface area contributed by atoms with E-state index in [9.17, 15) is 4.79 Å². The van der Waals surface area contributed by atoms with Crippen LogP contribution in [-0.2, 0) is 24.4 Å². The average Bonchev–Trinajstić information content (AvgIpc) is 3.63. The zero-order valence-corrected chi connectivity index (χ0v) is 20.3. The standard InChI is InChI=1S/C25H27N7O4/c1-15(2)26-25-27-21(16(3)36-25)14-35-22-12-18-13-32(23(33)7-6-19-5-4-10-34-19)9-8-17(18)11-20(22)24-28-30-31-29-24/h4-7,10-12,15H,8-9,13-14H2,1-3H3,(H,26,27)(H,28,29,30,31)/b7-6+. The first-order chi connectivity index (χ1) is 17.5. The molecule has 0 spiro atoms. The molecule has 3 aromatic heterocycles. The molecular weight excluding hydrogens is 462 g/mol. The summed E-state index contributed by atoms with van der Waals surface area (Å²) in [4.78, 5) is 19.1. The summed E-state index contributed by atoms with van der Waals surface area (Å²) in [5, 5.41) is 17.6. The van der Waals surface area contributed by atoms with Crippen LogP contribution >= 0.6 is 0 Å². The number of tetrazole rings is 1. The molecule has 0 saturated carbocycles. The van der Waals surface area contributed by atoms with E-state index in [1.807, 2.05) is 32.9 Å². The third-order valence-corrected chi connectivity index (χ3v) is 5.81. The van der Waals surface area contributed by atoms with Crippen molar-refractivity contribution in [2.75, 3.05) is 11.9 Å². The molecule has 0 bridgehead atoms. The van der Waals surface area contributed by atoms with Gasteiger partial charge in [0.1, 0.15) is 29.6 Å². The molecule has 36 heavy (non-hydrogen) atoms. The van der Waals surface area contributed by atoms with Gasteiger partial charge in [0.2, 0.25) is 11.7 Å². The van der Waals surface area contributed by atoms with Gasteiger partial charge < -0.3 is 23.8 Å². The highest BCUT2D eigenvalue weighted by Crippen LogP contribution is 2.34. The quantitative estimate of drug-likeness (QED) is 0.355. The number of carbonyl (C=O) groups excluding carboxylic acids is 1. The van der Waals surface area contributed by atoms with Crippen molar-refractivity contribution in [3.63, 3.8) is 0 Å². The number of aromatic amines is 1. The third kappa shape index (κ3) is 5.14. The molecule has 1 aliphatic rings. The Kier molecular flexibility index (Phi) is 6.52. The molecule has 0 saturated heterocycles. The summed E-state index contributed by atoms with van der Waals surface area (Å²) >= 11 is 0. The van der Waals surface area contributed by atoms with Crippen LogP contribution in [0.1, 0.15) is 42.2 Å². The number of hydrogen-bond acceptors (Lipinski definition) is 9. The molecule has 1 amide bonds. The highest BCUT2D eigenvalue weighted by molar-refractivity contribution is 5.91. The predicted molar refractivity (Wildman–Crippen MR) is 131 cm³/mol. The number of aryl methyl sites for hydroxylation is 1. The van der Waals surface area contributed by atoms with Crippen LogP contribution in [0.2, 0.25) is 0 Å². The normalized spacial score (nSPS) is 13.4. The molecule has 11 nitrogen and oxygen atoms in total. The lowest BCUT2D eigenvalue weighted by Crippen LogP contribution is -2.34.